The number of benzene rings is 1. The van der Waals surface area contributed by atoms with Crippen molar-refractivity contribution in [2.75, 3.05) is 13.2 Å². The first-order valence-electron chi connectivity index (χ1n) is 9.91. The summed E-state index contributed by atoms with van der Waals surface area (Å²) in [7, 11) is -4.24. The maximum absolute atomic E-state index is 13.1. The molecule has 34 heavy (non-hydrogen) atoms. The average Bonchev–Trinajstić information content (AvgIpc) is 3.04. The van der Waals surface area contributed by atoms with E-state index < -0.39 is 55.9 Å². The van der Waals surface area contributed by atoms with Crippen molar-refractivity contribution in [3.05, 3.63) is 78.4 Å². The maximum atomic E-state index is 13.1. The summed E-state index contributed by atoms with van der Waals surface area (Å²) >= 11 is 6.00. The Morgan fingerprint density at radius 2 is 2.18 bits per heavy atom. The Balaban J connectivity index is 1.55. The summed E-state index contributed by atoms with van der Waals surface area (Å²) in [5.41, 5.74) is 5.72. The van der Waals surface area contributed by atoms with Gasteiger partial charge in [0.1, 0.15) is 12.2 Å². The number of phosphoric acid groups is 1. The third-order valence-corrected chi connectivity index (χ3v) is 6.97. The van der Waals surface area contributed by atoms with Crippen molar-refractivity contribution in [1.82, 2.24) is 9.55 Å². The van der Waals surface area contributed by atoms with E-state index in [-0.39, 0.29) is 6.61 Å². The van der Waals surface area contributed by atoms with Gasteiger partial charge in [0.2, 0.25) is 5.72 Å². The minimum atomic E-state index is -4.24. The van der Waals surface area contributed by atoms with Gasteiger partial charge in [-0.1, -0.05) is 28.8 Å². The van der Waals surface area contributed by atoms with Gasteiger partial charge < -0.3 is 14.9 Å². The summed E-state index contributed by atoms with van der Waals surface area (Å²) in [4.78, 5) is 28.0. The lowest BCUT2D eigenvalue weighted by Gasteiger charge is -2.32. The van der Waals surface area contributed by atoms with Crippen LogP contribution in [0.2, 0.25) is 5.02 Å². The molecule has 0 aliphatic carbocycles. The molecule has 1 aromatic heterocycles. The Morgan fingerprint density at radius 1 is 1.38 bits per heavy atom. The normalized spacial score (nSPS) is 33.4. The number of azide groups is 1. The number of hydrogen-bond acceptors (Lipinski definition) is 10. The highest BCUT2D eigenvalue weighted by molar-refractivity contribution is 7.48. The number of H-pyrrole nitrogens is 1. The molecule has 0 spiro atoms. The molecule has 0 amide bonds. The van der Waals surface area contributed by atoms with Crippen molar-refractivity contribution in [1.29, 1.82) is 0 Å². The van der Waals surface area contributed by atoms with E-state index >= 15 is 0 Å². The Hall–Kier alpha value is -2.51. The van der Waals surface area contributed by atoms with Crippen molar-refractivity contribution in [2.24, 2.45) is 5.11 Å². The van der Waals surface area contributed by atoms with E-state index in [4.69, 9.17) is 35.4 Å². The van der Waals surface area contributed by atoms with E-state index in [1.165, 1.54) is 0 Å². The summed E-state index contributed by atoms with van der Waals surface area (Å²) < 4.78 is 35.5. The molecule has 2 fully saturated rings. The summed E-state index contributed by atoms with van der Waals surface area (Å²) in [5.74, 6) is 0. The van der Waals surface area contributed by atoms with Gasteiger partial charge in [0.25, 0.3) is 5.56 Å². The Morgan fingerprint density at radius 3 is 2.88 bits per heavy atom. The van der Waals surface area contributed by atoms with Crippen molar-refractivity contribution in [3.8, 4) is 0 Å². The molecular formula is C18H19ClN5O9P. The van der Waals surface area contributed by atoms with Crippen LogP contribution in [0.5, 0.6) is 0 Å². The van der Waals surface area contributed by atoms with E-state index in [2.05, 4.69) is 10.0 Å². The highest BCUT2D eigenvalue weighted by atomic mass is 35.5. The largest absolute Gasteiger partial charge is 0.475 e. The molecule has 4 rings (SSSR count). The molecule has 3 N–H and O–H groups in total. The van der Waals surface area contributed by atoms with Gasteiger partial charge in [0.05, 0.1) is 19.3 Å². The molecule has 1 aromatic carbocycles. The first-order valence-corrected chi connectivity index (χ1v) is 11.7. The van der Waals surface area contributed by atoms with Crippen LogP contribution in [-0.4, -0.2) is 50.9 Å². The minimum Gasteiger partial charge on any atom is -0.387 e. The fraction of sp³-hybridized carbons (Fsp3) is 0.444. The number of aromatic nitrogens is 2. The van der Waals surface area contributed by atoms with Gasteiger partial charge in [-0.3, -0.25) is 27.9 Å². The molecule has 1 unspecified atom stereocenters. The van der Waals surface area contributed by atoms with Gasteiger partial charge in [0.15, 0.2) is 6.23 Å². The minimum absolute atomic E-state index is 0.00437. The van der Waals surface area contributed by atoms with Crippen molar-refractivity contribution < 1.29 is 33.1 Å². The fourth-order valence-electron chi connectivity index (χ4n) is 3.61. The van der Waals surface area contributed by atoms with Gasteiger partial charge in [-0.2, -0.15) is 0 Å². The Labute approximate surface area is 195 Å². The SMILES string of the molecule is [N-]=[N+]=N[C@]1(COP2(=O)OCC[C@@H](c3cccc(Cl)c3)O2)O[C@@H](n2ccc(=O)[nH]c2=O)[C@H](O)[C@@H]1O. The summed E-state index contributed by atoms with van der Waals surface area (Å²) in [6, 6.07) is 7.71. The van der Waals surface area contributed by atoms with Crippen LogP contribution in [-0.2, 0) is 22.9 Å². The first kappa shape index (κ1) is 24.6. The maximum Gasteiger partial charge on any atom is 0.475 e. The standard InChI is InChI=1S/C18H19ClN5O9P/c19-11-3-1-2-10(8-11)12-5-7-30-34(29,33-12)31-9-18(22-23-20)15(27)14(26)16(32-18)24-6-4-13(25)21-17(24)28/h1-4,6,8,12,14-16,26-27H,5,7,9H2,(H,21,25,28)/t12-,14+,15-,16+,18+,34?/m0/s1. The quantitative estimate of drug-likeness (QED) is 0.222. The third kappa shape index (κ3) is 4.82. The van der Waals surface area contributed by atoms with Crippen LogP contribution >= 0.6 is 19.4 Å². The van der Waals surface area contributed by atoms with Crippen LogP contribution in [0.1, 0.15) is 24.3 Å². The number of aliphatic hydroxyl groups is 2. The van der Waals surface area contributed by atoms with Gasteiger partial charge in [0, 0.05) is 28.6 Å². The fourth-order valence-corrected chi connectivity index (χ4v) is 5.22. The molecule has 2 aliphatic rings. The molecule has 2 aromatic rings. The zero-order valence-corrected chi connectivity index (χ0v) is 18.9. The van der Waals surface area contributed by atoms with Gasteiger partial charge in [-0.15, -0.1) is 0 Å². The highest BCUT2D eigenvalue weighted by Gasteiger charge is 2.56. The number of rotatable bonds is 6. The van der Waals surface area contributed by atoms with Crippen molar-refractivity contribution in [3.63, 3.8) is 0 Å². The Kier molecular flexibility index (Phi) is 6.97. The molecule has 2 saturated heterocycles. The third-order valence-electron chi connectivity index (χ3n) is 5.28. The molecule has 2 aliphatic heterocycles. The number of nitrogens with one attached hydrogen (secondary N) is 1. The lowest BCUT2D eigenvalue weighted by molar-refractivity contribution is -0.127. The molecule has 0 saturated carbocycles. The van der Waals surface area contributed by atoms with Gasteiger partial charge >= 0.3 is 13.5 Å². The smallest absolute Gasteiger partial charge is 0.387 e. The van der Waals surface area contributed by atoms with Crippen LogP contribution < -0.4 is 11.2 Å². The van der Waals surface area contributed by atoms with Gasteiger partial charge in [-0.25, -0.2) is 9.36 Å². The molecule has 3 heterocycles. The first-order chi connectivity index (χ1) is 16.2. The molecule has 14 nitrogen and oxygen atoms in total. The van der Waals surface area contributed by atoms with E-state index in [9.17, 15) is 24.4 Å². The zero-order valence-electron chi connectivity index (χ0n) is 17.3. The highest BCUT2D eigenvalue weighted by Crippen LogP contribution is 2.58. The van der Waals surface area contributed by atoms with Crippen LogP contribution in [0.15, 0.2) is 51.2 Å². The molecule has 16 heteroatoms. The van der Waals surface area contributed by atoms with E-state index in [0.717, 1.165) is 16.8 Å². The Bertz CT molecular complexity index is 1280. The number of ether oxygens (including phenoxy) is 1. The second-order valence-electron chi connectivity index (χ2n) is 7.49. The number of aliphatic hydroxyl groups excluding tert-OH is 2. The molecule has 0 radical (unpaired) electrons. The molecular weight excluding hydrogens is 497 g/mol. The number of phosphoric ester groups is 1. The molecule has 0 bridgehead atoms. The molecule has 182 valence electrons. The summed E-state index contributed by atoms with van der Waals surface area (Å²) in [6.45, 7) is -0.853. The second-order valence-corrected chi connectivity index (χ2v) is 9.55. The summed E-state index contributed by atoms with van der Waals surface area (Å²) in [5, 5.41) is 24.9. The monoisotopic (exact) mass is 515 g/mol. The predicted molar refractivity (Wildman–Crippen MR) is 115 cm³/mol. The topological polar surface area (TPSA) is 198 Å². The number of halogens is 1. The zero-order chi connectivity index (χ0) is 24.5. The summed E-state index contributed by atoms with van der Waals surface area (Å²) in [6.07, 6.45) is -4.56. The van der Waals surface area contributed by atoms with Crippen molar-refractivity contribution in [2.45, 2.75) is 36.7 Å². The lowest BCUT2D eigenvalue weighted by atomic mass is 10.1. The van der Waals surface area contributed by atoms with Crippen molar-refractivity contribution >= 4 is 19.4 Å². The molecule has 6 atom stereocenters. The number of nitrogens with zero attached hydrogens (tertiary/aromatic N) is 4. The van der Waals surface area contributed by atoms with Crippen LogP contribution in [0.3, 0.4) is 0 Å². The van der Waals surface area contributed by atoms with E-state index in [0.29, 0.717) is 17.0 Å². The van der Waals surface area contributed by atoms with E-state index in [1.54, 1.807) is 24.3 Å². The van der Waals surface area contributed by atoms with Crippen LogP contribution in [0, 0.1) is 0 Å². The number of aromatic amines is 1. The van der Waals surface area contributed by atoms with Crippen LogP contribution in [0.25, 0.3) is 10.4 Å². The predicted octanol–water partition coefficient (Wildman–Crippen LogP) is 1.75. The van der Waals surface area contributed by atoms with Crippen LogP contribution in [0.4, 0.5) is 0 Å². The lowest BCUT2D eigenvalue weighted by Crippen LogP contribution is -2.45. The second kappa shape index (κ2) is 9.62. The number of hydrogen-bond donors (Lipinski definition) is 3. The average molecular weight is 516 g/mol. The van der Waals surface area contributed by atoms with Gasteiger partial charge in [-0.05, 0) is 23.2 Å². The van der Waals surface area contributed by atoms with E-state index in [1.807, 2.05) is 4.98 Å².